The van der Waals surface area contributed by atoms with E-state index < -0.39 is 0 Å². The molecule has 2 aromatic heterocycles. The van der Waals surface area contributed by atoms with Crippen LogP contribution in [0.2, 0.25) is 0 Å². The maximum absolute atomic E-state index is 5.83. The lowest BCUT2D eigenvalue weighted by Gasteiger charge is -2.35. The van der Waals surface area contributed by atoms with Gasteiger partial charge < -0.3 is 9.32 Å². The van der Waals surface area contributed by atoms with Crippen LogP contribution in [0.1, 0.15) is 17.1 Å². The van der Waals surface area contributed by atoms with E-state index in [0.29, 0.717) is 0 Å². The van der Waals surface area contributed by atoms with Crippen LogP contribution in [-0.4, -0.2) is 46.0 Å². The molecular weight excluding hydrogens is 314 g/mol. The zero-order valence-electron chi connectivity index (χ0n) is 14.4. The van der Waals surface area contributed by atoms with Gasteiger partial charge in [-0.1, -0.05) is 24.8 Å². The average molecular weight is 335 g/mol. The molecule has 6 heteroatoms. The quantitative estimate of drug-likeness (QED) is 0.731. The number of benzene rings is 1. The molecule has 25 heavy (non-hydrogen) atoms. The predicted octanol–water partition coefficient (Wildman–Crippen LogP) is 2.89. The molecule has 0 amide bonds. The van der Waals surface area contributed by atoms with E-state index in [2.05, 4.69) is 31.3 Å². The topological polar surface area (TPSA) is 58.3 Å². The highest BCUT2D eigenvalue weighted by atomic mass is 16.3. The van der Waals surface area contributed by atoms with Crippen LogP contribution in [-0.2, 0) is 6.54 Å². The van der Waals surface area contributed by atoms with Crippen LogP contribution in [0.25, 0.3) is 17.2 Å². The molecule has 1 aliphatic heterocycles. The van der Waals surface area contributed by atoms with Gasteiger partial charge in [0.2, 0.25) is 5.89 Å². The van der Waals surface area contributed by atoms with Crippen molar-refractivity contribution >= 4 is 23.0 Å². The third kappa shape index (κ3) is 3.13. The first kappa shape index (κ1) is 15.8. The number of rotatable bonds is 4. The largest absolute Gasteiger partial charge is 0.439 e. The van der Waals surface area contributed by atoms with E-state index in [1.165, 1.54) is 0 Å². The third-order valence-electron chi connectivity index (χ3n) is 4.64. The molecule has 3 aromatic rings. The van der Waals surface area contributed by atoms with E-state index in [9.17, 15) is 0 Å². The van der Waals surface area contributed by atoms with E-state index in [0.717, 1.165) is 66.8 Å². The minimum Gasteiger partial charge on any atom is -0.439 e. The highest BCUT2D eigenvalue weighted by molar-refractivity contribution is 5.72. The van der Waals surface area contributed by atoms with Crippen molar-refractivity contribution in [3.8, 4) is 0 Å². The summed E-state index contributed by atoms with van der Waals surface area (Å²) >= 11 is 0. The molecule has 0 bridgehead atoms. The average Bonchev–Trinajstić information content (AvgIpc) is 3.04. The van der Waals surface area contributed by atoms with Crippen LogP contribution in [0.5, 0.6) is 0 Å². The number of hydrogen-bond donors (Lipinski definition) is 0. The summed E-state index contributed by atoms with van der Waals surface area (Å²) in [6.45, 7) is 10.3. The van der Waals surface area contributed by atoms with Crippen molar-refractivity contribution in [2.75, 3.05) is 31.1 Å². The molecule has 0 spiro atoms. The number of aromatic nitrogens is 3. The van der Waals surface area contributed by atoms with Crippen molar-refractivity contribution in [2.24, 2.45) is 0 Å². The van der Waals surface area contributed by atoms with E-state index in [1.54, 1.807) is 6.33 Å². The van der Waals surface area contributed by atoms with Gasteiger partial charge in [0.1, 0.15) is 17.7 Å². The van der Waals surface area contributed by atoms with Gasteiger partial charge in [-0.3, -0.25) is 4.90 Å². The fourth-order valence-corrected chi connectivity index (χ4v) is 3.26. The molecular formula is C19H21N5O. The fraction of sp³-hybridized carbons (Fsp3) is 0.316. The van der Waals surface area contributed by atoms with Gasteiger partial charge >= 0.3 is 0 Å². The molecule has 0 atom stereocenters. The lowest BCUT2D eigenvalue weighted by Crippen LogP contribution is -2.46. The zero-order chi connectivity index (χ0) is 17.2. The molecule has 1 aliphatic rings. The molecule has 0 unspecified atom stereocenters. The van der Waals surface area contributed by atoms with E-state index in [4.69, 9.17) is 4.42 Å². The predicted molar refractivity (Wildman–Crippen MR) is 98.4 cm³/mol. The maximum Gasteiger partial charge on any atom is 0.209 e. The Hall–Kier alpha value is -2.73. The summed E-state index contributed by atoms with van der Waals surface area (Å²) in [5.41, 5.74) is 3.76. The fourth-order valence-electron chi connectivity index (χ4n) is 3.26. The molecule has 0 radical (unpaired) electrons. The molecule has 0 aliphatic carbocycles. The molecule has 1 fully saturated rings. The van der Waals surface area contributed by atoms with Crippen molar-refractivity contribution in [3.05, 3.63) is 54.3 Å². The van der Waals surface area contributed by atoms with Gasteiger partial charge in [0, 0.05) is 31.7 Å². The summed E-state index contributed by atoms with van der Waals surface area (Å²) in [6, 6.07) is 7.89. The Morgan fingerprint density at radius 2 is 1.96 bits per heavy atom. The molecule has 4 rings (SSSR count). The highest BCUT2D eigenvalue weighted by Crippen LogP contribution is 2.23. The van der Waals surface area contributed by atoms with Crippen molar-refractivity contribution in [1.82, 2.24) is 19.9 Å². The standard InChI is InChI=1S/C19H21N5O/c1-3-15-14(2)20-13-21-19(15)24-10-8-23(9-11-24)12-18-22-16-6-4-5-7-17(16)25-18/h3-7,13H,1,8-12H2,2H3. The number of fused-ring (bicyclic) bond motifs is 1. The van der Waals surface area contributed by atoms with Gasteiger partial charge in [-0.15, -0.1) is 0 Å². The first-order chi connectivity index (χ1) is 12.2. The Kier molecular flexibility index (Phi) is 4.19. The van der Waals surface area contributed by atoms with Crippen molar-refractivity contribution in [2.45, 2.75) is 13.5 Å². The monoisotopic (exact) mass is 335 g/mol. The zero-order valence-corrected chi connectivity index (χ0v) is 14.4. The Bertz CT molecular complexity index is 863. The van der Waals surface area contributed by atoms with Crippen LogP contribution >= 0.6 is 0 Å². The van der Waals surface area contributed by atoms with Crippen LogP contribution in [0, 0.1) is 6.92 Å². The highest BCUT2D eigenvalue weighted by Gasteiger charge is 2.21. The maximum atomic E-state index is 5.83. The molecule has 6 nitrogen and oxygen atoms in total. The first-order valence-corrected chi connectivity index (χ1v) is 8.50. The number of hydrogen-bond acceptors (Lipinski definition) is 6. The summed E-state index contributed by atoms with van der Waals surface area (Å²) in [4.78, 5) is 18.0. The van der Waals surface area contributed by atoms with E-state index >= 15 is 0 Å². The number of anilines is 1. The van der Waals surface area contributed by atoms with Gasteiger partial charge in [0.15, 0.2) is 5.58 Å². The Morgan fingerprint density at radius 3 is 2.72 bits per heavy atom. The summed E-state index contributed by atoms with van der Waals surface area (Å²) in [5, 5.41) is 0. The van der Waals surface area contributed by atoms with Crippen molar-refractivity contribution in [1.29, 1.82) is 0 Å². The number of piperazine rings is 1. The summed E-state index contributed by atoms with van der Waals surface area (Å²) in [5.74, 6) is 1.75. The lowest BCUT2D eigenvalue weighted by molar-refractivity contribution is 0.228. The minimum absolute atomic E-state index is 0.736. The van der Waals surface area contributed by atoms with Crippen LogP contribution in [0.4, 0.5) is 5.82 Å². The normalized spacial score (nSPS) is 15.6. The van der Waals surface area contributed by atoms with Gasteiger partial charge in [-0.2, -0.15) is 0 Å². The number of oxazole rings is 1. The first-order valence-electron chi connectivity index (χ1n) is 8.50. The van der Waals surface area contributed by atoms with Crippen LogP contribution in [0.15, 0.2) is 41.6 Å². The van der Waals surface area contributed by atoms with E-state index in [-0.39, 0.29) is 0 Å². The second-order valence-electron chi connectivity index (χ2n) is 6.24. The summed E-state index contributed by atoms with van der Waals surface area (Å²) in [6.07, 6.45) is 3.47. The van der Waals surface area contributed by atoms with Crippen molar-refractivity contribution in [3.63, 3.8) is 0 Å². The van der Waals surface area contributed by atoms with Gasteiger partial charge in [-0.25, -0.2) is 15.0 Å². The van der Waals surface area contributed by atoms with Gasteiger partial charge in [0.05, 0.1) is 12.2 Å². The Balaban J connectivity index is 1.43. The molecule has 0 saturated carbocycles. The Morgan fingerprint density at radius 1 is 1.16 bits per heavy atom. The molecule has 1 saturated heterocycles. The summed E-state index contributed by atoms with van der Waals surface area (Å²) in [7, 11) is 0. The van der Waals surface area contributed by atoms with Gasteiger partial charge in [-0.05, 0) is 19.1 Å². The van der Waals surface area contributed by atoms with Gasteiger partial charge in [0.25, 0.3) is 0 Å². The second kappa shape index (κ2) is 6.64. The van der Waals surface area contributed by atoms with E-state index in [1.807, 2.05) is 37.3 Å². The molecule has 128 valence electrons. The van der Waals surface area contributed by atoms with Crippen LogP contribution < -0.4 is 4.90 Å². The molecule has 1 aromatic carbocycles. The second-order valence-corrected chi connectivity index (χ2v) is 6.24. The summed E-state index contributed by atoms with van der Waals surface area (Å²) < 4.78 is 5.83. The van der Waals surface area contributed by atoms with Crippen LogP contribution in [0.3, 0.4) is 0 Å². The number of aryl methyl sites for hydroxylation is 1. The SMILES string of the molecule is C=Cc1c(C)ncnc1N1CCN(Cc2nc3ccccc3o2)CC1. The van der Waals surface area contributed by atoms with Crippen molar-refractivity contribution < 1.29 is 4.42 Å². The minimum atomic E-state index is 0.736. The molecule has 0 N–H and O–H groups in total. The number of nitrogens with zero attached hydrogens (tertiary/aromatic N) is 5. The lowest BCUT2D eigenvalue weighted by atomic mass is 10.2. The Labute approximate surface area is 146 Å². The third-order valence-corrected chi connectivity index (χ3v) is 4.64. The number of para-hydroxylation sites is 2. The molecule has 3 heterocycles. The smallest absolute Gasteiger partial charge is 0.209 e.